The Bertz CT molecular complexity index is 903. The van der Waals surface area contributed by atoms with E-state index in [1.165, 1.54) is 22.2 Å². The van der Waals surface area contributed by atoms with Gasteiger partial charge in [-0.1, -0.05) is 18.2 Å². The second-order valence-corrected chi connectivity index (χ2v) is 9.17. The standard InChI is InChI=1S/C24H34N4O2/c1-16(2)25-24(30)28-14-10-19(11-15-28)23(29)27-12-8-18(9-13-27)22-17(3)26-21-7-5-4-6-20(21)22/h4-7,16,18-19,26H,8-15H2,1-3H3,(H,25,30). The van der Waals surface area contributed by atoms with Crippen LogP contribution in [0.5, 0.6) is 0 Å². The first-order valence-electron chi connectivity index (χ1n) is 11.4. The number of aromatic amines is 1. The Labute approximate surface area is 179 Å². The van der Waals surface area contributed by atoms with Crippen LogP contribution >= 0.6 is 0 Å². The molecule has 6 nitrogen and oxygen atoms in total. The van der Waals surface area contributed by atoms with Crippen molar-refractivity contribution in [1.82, 2.24) is 20.1 Å². The van der Waals surface area contributed by atoms with Crippen LogP contribution in [0.4, 0.5) is 4.79 Å². The molecule has 0 bridgehead atoms. The van der Waals surface area contributed by atoms with Gasteiger partial charge in [0.1, 0.15) is 0 Å². The highest BCUT2D eigenvalue weighted by atomic mass is 16.2. The van der Waals surface area contributed by atoms with Gasteiger partial charge >= 0.3 is 6.03 Å². The summed E-state index contributed by atoms with van der Waals surface area (Å²) in [4.78, 5) is 32.7. The fourth-order valence-corrected chi connectivity index (χ4v) is 5.14. The average Bonchev–Trinajstić information content (AvgIpc) is 3.08. The van der Waals surface area contributed by atoms with Crippen LogP contribution in [0, 0.1) is 12.8 Å². The van der Waals surface area contributed by atoms with Crippen LogP contribution in [0.1, 0.15) is 56.7 Å². The largest absolute Gasteiger partial charge is 0.358 e. The van der Waals surface area contributed by atoms with E-state index in [1.54, 1.807) is 0 Å². The van der Waals surface area contributed by atoms with E-state index in [0.29, 0.717) is 19.0 Å². The van der Waals surface area contributed by atoms with Crippen molar-refractivity contribution in [3.63, 3.8) is 0 Å². The maximum Gasteiger partial charge on any atom is 0.317 e. The lowest BCUT2D eigenvalue weighted by Crippen LogP contribution is -2.49. The lowest BCUT2D eigenvalue weighted by Gasteiger charge is -2.37. The maximum absolute atomic E-state index is 13.1. The van der Waals surface area contributed by atoms with Crippen molar-refractivity contribution in [2.75, 3.05) is 26.2 Å². The van der Waals surface area contributed by atoms with Crippen LogP contribution in [0.25, 0.3) is 10.9 Å². The Kier molecular flexibility index (Phi) is 6.02. The van der Waals surface area contributed by atoms with Crippen molar-refractivity contribution in [3.8, 4) is 0 Å². The molecule has 4 rings (SSSR count). The molecule has 3 amide bonds. The molecule has 0 atom stereocenters. The molecule has 2 aromatic rings. The van der Waals surface area contributed by atoms with Crippen molar-refractivity contribution in [3.05, 3.63) is 35.5 Å². The highest BCUT2D eigenvalue weighted by Gasteiger charge is 2.33. The number of carbonyl (C=O) groups is 2. The molecule has 2 fully saturated rings. The molecular formula is C24H34N4O2. The third kappa shape index (κ3) is 4.18. The van der Waals surface area contributed by atoms with Crippen LogP contribution in [0.15, 0.2) is 24.3 Å². The van der Waals surface area contributed by atoms with Gasteiger partial charge in [0.15, 0.2) is 0 Å². The van der Waals surface area contributed by atoms with Crippen LogP contribution in [0.3, 0.4) is 0 Å². The summed E-state index contributed by atoms with van der Waals surface area (Å²) in [7, 11) is 0. The number of hydrogen-bond donors (Lipinski definition) is 2. The van der Waals surface area contributed by atoms with Gasteiger partial charge in [-0.05, 0) is 64.0 Å². The Balaban J connectivity index is 1.32. The summed E-state index contributed by atoms with van der Waals surface area (Å²) in [5, 5.41) is 4.27. The average molecular weight is 411 g/mol. The van der Waals surface area contributed by atoms with Gasteiger partial charge in [-0.3, -0.25) is 4.79 Å². The first kappa shape index (κ1) is 20.8. The number of hydrogen-bond acceptors (Lipinski definition) is 2. The monoisotopic (exact) mass is 410 g/mol. The summed E-state index contributed by atoms with van der Waals surface area (Å²) in [5.74, 6) is 0.847. The third-order valence-electron chi connectivity index (χ3n) is 6.70. The molecule has 6 heteroatoms. The van der Waals surface area contributed by atoms with Crippen LogP contribution in [-0.4, -0.2) is 58.9 Å². The lowest BCUT2D eigenvalue weighted by atomic mass is 9.86. The van der Waals surface area contributed by atoms with Gasteiger partial charge in [0.2, 0.25) is 5.91 Å². The molecule has 2 aliphatic heterocycles. The maximum atomic E-state index is 13.1. The predicted octanol–water partition coefficient (Wildman–Crippen LogP) is 4.01. The number of aromatic nitrogens is 1. The number of amides is 3. The van der Waals surface area contributed by atoms with Crippen molar-refractivity contribution in [2.24, 2.45) is 5.92 Å². The number of nitrogens with zero attached hydrogens (tertiary/aromatic N) is 2. The molecule has 3 heterocycles. The van der Waals surface area contributed by atoms with Crippen molar-refractivity contribution in [2.45, 2.75) is 58.4 Å². The second-order valence-electron chi connectivity index (χ2n) is 9.17. The van der Waals surface area contributed by atoms with E-state index in [0.717, 1.165) is 38.8 Å². The number of para-hydroxylation sites is 1. The normalized spacial score (nSPS) is 18.9. The van der Waals surface area contributed by atoms with Gasteiger partial charge in [0, 0.05) is 54.7 Å². The van der Waals surface area contributed by atoms with Gasteiger partial charge < -0.3 is 20.1 Å². The highest BCUT2D eigenvalue weighted by molar-refractivity contribution is 5.85. The van der Waals surface area contributed by atoms with Gasteiger partial charge in [-0.25, -0.2) is 4.79 Å². The first-order chi connectivity index (χ1) is 14.4. The number of aryl methyl sites for hydroxylation is 1. The molecule has 162 valence electrons. The van der Waals surface area contributed by atoms with E-state index in [1.807, 2.05) is 18.7 Å². The number of nitrogens with one attached hydrogen (secondary N) is 2. The molecule has 30 heavy (non-hydrogen) atoms. The minimum atomic E-state index is -0.00851. The molecule has 0 spiro atoms. The molecular weight excluding hydrogens is 376 g/mol. The number of H-pyrrole nitrogens is 1. The molecule has 2 saturated heterocycles. The molecule has 1 aromatic carbocycles. The lowest BCUT2D eigenvalue weighted by molar-refractivity contribution is -0.138. The molecule has 0 aliphatic carbocycles. The zero-order chi connectivity index (χ0) is 21.3. The van der Waals surface area contributed by atoms with Crippen molar-refractivity contribution < 1.29 is 9.59 Å². The number of likely N-dealkylation sites (tertiary alicyclic amines) is 2. The van der Waals surface area contributed by atoms with Gasteiger partial charge in [0.25, 0.3) is 0 Å². The Morgan fingerprint density at radius 1 is 1.00 bits per heavy atom. The van der Waals surface area contributed by atoms with Crippen LogP contribution in [0.2, 0.25) is 0 Å². The van der Waals surface area contributed by atoms with E-state index in [2.05, 4.69) is 46.4 Å². The summed E-state index contributed by atoms with van der Waals surface area (Å²) in [6, 6.07) is 8.64. The summed E-state index contributed by atoms with van der Waals surface area (Å²) in [5.41, 5.74) is 3.90. The number of rotatable bonds is 3. The third-order valence-corrected chi connectivity index (χ3v) is 6.70. The van der Waals surface area contributed by atoms with Crippen molar-refractivity contribution in [1.29, 1.82) is 0 Å². The molecule has 1 aromatic heterocycles. The molecule has 0 unspecified atom stereocenters. The van der Waals surface area contributed by atoms with E-state index in [-0.39, 0.29) is 23.9 Å². The molecule has 2 aliphatic rings. The topological polar surface area (TPSA) is 68.4 Å². The fraction of sp³-hybridized carbons (Fsp3) is 0.583. The van der Waals surface area contributed by atoms with E-state index >= 15 is 0 Å². The Morgan fingerprint density at radius 2 is 1.63 bits per heavy atom. The number of carbonyl (C=O) groups excluding carboxylic acids is 2. The predicted molar refractivity (Wildman–Crippen MR) is 120 cm³/mol. The molecule has 0 saturated carbocycles. The summed E-state index contributed by atoms with van der Waals surface area (Å²) >= 11 is 0. The van der Waals surface area contributed by atoms with Gasteiger partial charge in [-0.15, -0.1) is 0 Å². The minimum absolute atomic E-state index is 0.00851. The number of piperidine rings is 2. The van der Waals surface area contributed by atoms with Gasteiger partial charge in [0.05, 0.1) is 0 Å². The Hall–Kier alpha value is -2.50. The smallest absolute Gasteiger partial charge is 0.317 e. The summed E-state index contributed by atoms with van der Waals surface area (Å²) in [6.07, 6.45) is 3.58. The molecule has 2 N–H and O–H groups in total. The number of urea groups is 1. The Morgan fingerprint density at radius 3 is 2.30 bits per heavy atom. The summed E-state index contributed by atoms with van der Waals surface area (Å²) < 4.78 is 0. The van der Waals surface area contributed by atoms with Crippen LogP contribution in [-0.2, 0) is 4.79 Å². The van der Waals surface area contributed by atoms with E-state index in [4.69, 9.17) is 0 Å². The number of fused-ring (bicyclic) bond motifs is 1. The zero-order valence-corrected chi connectivity index (χ0v) is 18.4. The van der Waals surface area contributed by atoms with Crippen molar-refractivity contribution >= 4 is 22.8 Å². The second kappa shape index (κ2) is 8.70. The minimum Gasteiger partial charge on any atom is -0.358 e. The number of benzene rings is 1. The first-order valence-corrected chi connectivity index (χ1v) is 11.4. The van der Waals surface area contributed by atoms with E-state index in [9.17, 15) is 9.59 Å². The fourth-order valence-electron chi connectivity index (χ4n) is 5.14. The zero-order valence-electron chi connectivity index (χ0n) is 18.4. The van der Waals surface area contributed by atoms with Crippen LogP contribution < -0.4 is 5.32 Å². The van der Waals surface area contributed by atoms with E-state index < -0.39 is 0 Å². The SMILES string of the molecule is Cc1[nH]c2ccccc2c1C1CCN(C(=O)C2CCN(C(=O)NC(C)C)CC2)CC1. The highest BCUT2D eigenvalue weighted by Crippen LogP contribution is 2.36. The van der Waals surface area contributed by atoms with Gasteiger partial charge in [-0.2, -0.15) is 0 Å². The quantitative estimate of drug-likeness (QED) is 0.803. The molecule has 0 radical (unpaired) electrons. The summed E-state index contributed by atoms with van der Waals surface area (Å²) in [6.45, 7) is 9.09.